The third-order valence-electron chi connectivity index (χ3n) is 4.77. The Hall–Kier alpha value is -2.14. The molecule has 2 unspecified atom stereocenters. The largest absolute Gasteiger partial charge is 0.323 e. The van der Waals surface area contributed by atoms with E-state index in [1.165, 1.54) is 0 Å². The van der Waals surface area contributed by atoms with Crippen LogP contribution < -0.4 is 15.8 Å². The van der Waals surface area contributed by atoms with Crippen LogP contribution in [0.15, 0.2) is 11.0 Å². The zero-order valence-electron chi connectivity index (χ0n) is 12.7. The van der Waals surface area contributed by atoms with Crippen molar-refractivity contribution in [3.63, 3.8) is 0 Å². The molecule has 11 heteroatoms. The molecule has 2 atom stereocenters. The van der Waals surface area contributed by atoms with Gasteiger partial charge in [-0.2, -0.15) is 0 Å². The molecule has 1 saturated carbocycles. The Kier molecular flexibility index (Phi) is 4.03. The Labute approximate surface area is 140 Å². The van der Waals surface area contributed by atoms with E-state index < -0.39 is 67.7 Å². The fraction of sp³-hybridized carbons (Fsp3) is 0.429. The molecule has 2 aliphatic rings. The first-order valence-electron chi connectivity index (χ1n) is 7.39. The lowest BCUT2D eigenvalue weighted by molar-refractivity contribution is -0.125. The maximum atomic E-state index is 14.2. The number of urea groups is 1. The predicted molar refractivity (Wildman–Crippen MR) is 78.1 cm³/mol. The summed E-state index contributed by atoms with van der Waals surface area (Å²) in [5.41, 5.74) is -1.97. The van der Waals surface area contributed by atoms with Gasteiger partial charge >= 0.3 is 6.03 Å². The van der Waals surface area contributed by atoms with Crippen LogP contribution in [0.1, 0.15) is 24.8 Å². The van der Waals surface area contributed by atoms with Crippen LogP contribution in [0.5, 0.6) is 0 Å². The summed E-state index contributed by atoms with van der Waals surface area (Å²) in [4.78, 5) is 22.7. The number of hydrogen-bond donors (Lipinski definition) is 3. The van der Waals surface area contributed by atoms with Gasteiger partial charge in [-0.3, -0.25) is 10.1 Å². The first kappa shape index (κ1) is 17.7. The Morgan fingerprint density at radius 2 is 1.92 bits per heavy atom. The minimum atomic E-state index is -4.53. The van der Waals surface area contributed by atoms with Crippen molar-refractivity contribution in [3.05, 3.63) is 29.1 Å². The average molecular weight is 377 g/mol. The number of amides is 3. The molecule has 1 aliphatic carbocycles. The Balaban J connectivity index is 2.08. The van der Waals surface area contributed by atoms with E-state index in [2.05, 4.69) is 10.6 Å². The maximum Gasteiger partial charge on any atom is 0.322 e. The van der Waals surface area contributed by atoms with Gasteiger partial charge in [0.15, 0.2) is 17.5 Å². The van der Waals surface area contributed by atoms with Gasteiger partial charge in [-0.05, 0) is 31.2 Å². The van der Waals surface area contributed by atoms with E-state index in [9.17, 15) is 31.2 Å². The highest BCUT2D eigenvalue weighted by Gasteiger charge is 2.54. The summed E-state index contributed by atoms with van der Waals surface area (Å²) < 4.78 is 64.5. The van der Waals surface area contributed by atoms with Crippen LogP contribution in [0.3, 0.4) is 0 Å². The van der Waals surface area contributed by atoms with E-state index >= 15 is 0 Å². The fourth-order valence-electron chi connectivity index (χ4n) is 3.62. The van der Waals surface area contributed by atoms with Crippen molar-refractivity contribution < 1.29 is 31.2 Å². The summed E-state index contributed by atoms with van der Waals surface area (Å²) in [5, 5.41) is 9.55. The molecule has 25 heavy (non-hydrogen) atoms. The van der Waals surface area contributed by atoms with Crippen LogP contribution in [-0.4, -0.2) is 25.9 Å². The molecule has 136 valence electrons. The van der Waals surface area contributed by atoms with Crippen molar-refractivity contribution in [1.82, 2.24) is 10.6 Å². The number of nitrogens with one attached hydrogen (secondary N) is 2. The average Bonchev–Trinajstić information content (AvgIpc) is 3.02. The standard InChI is InChI=1S/C14H14F3N3O4S/c15-8-5-9(25(18,23)24)7(10(16)11(8)17)4-6-2-1-3-14(6)12(21)19-13(22)20-14/h5-6H,1-4H2,(H2,18,23,24)(H2,19,20,21,22). The number of carbonyl (C=O) groups excluding carboxylic acids is 2. The van der Waals surface area contributed by atoms with Crippen molar-refractivity contribution in [3.8, 4) is 0 Å². The van der Waals surface area contributed by atoms with Crippen molar-refractivity contribution >= 4 is 22.0 Å². The highest BCUT2D eigenvalue weighted by molar-refractivity contribution is 7.89. The first-order chi connectivity index (χ1) is 11.6. The van der Waals surface area contributed by atoms with Crippen molar-refractivity contribution in [1.29, 1.82) is 0 Å². The molecule has 2 fully saturated rings. The number of sulfonamides is 1. The van der Waals surface area contributed by atoms with Gasteiger partial charge in [0.1, 0.15) is 5.54 Å². The molecule has 0 aromatic heterocycles. The number of imide groups is 1. The molecule has 1 spiro atoms. The molecule has 1 saturated heterocycles. The highest BCUT2D eigenvalue weighted by Crippen LogP contribution is 2.41. The first-order valence-corrected chi connectivity index (χ1v) is 8.93. The second-order valence-electron chi connectivity index (χ2n) is 6.18. The molecule has 1 heterocycles. The third kappa shape index (κ3) is 2.76. The van der Waals surface area contributed by atoms with Crippen LogP contribution >= 0.6 is 0 Å². The molecule has 0 radical (unpaired) electrons. The quantitative estimate of drug-likeness (QED) is 0.530. The molecule has 1 aromatic carbocycles. The lowest BCUT2D eigenvalue weighted by Crippen LogP contribution is -2.50. The van der Waals surface area contributed by atoms with E-state index in [1.807, 2.05) is 0 Å². The van der Waals surface area contributed by atoms with Crippen molar-refractivity contribution in [2.75, 3.05) is 0 Å². The van der Waals surface area contributed by atoms with E-state index in [1.54, 1.807) is 0 Å². The second-order valence-corrected chi connectivity index (χ2v) is 7.71. The number of rotatable bonds is 3. The van der Waals surface area contributed by atoms with E-state index in [4.69, 9.17) is 5.14 Å². The second kappa shape index (κ2) is 5.70. The molecule has 4 N–H and O–H groups in total. The number of benzene rings is 1. The van der Waals surface area contributed by atoms with E-state index in [-0.39, 0.29) is 6.42 Å². The Bertz CT molecular complexity index is 890. The zero-order chi connectivity index (χ0) is 18.6. The van der Waals surface area contributed by atoms with E-state index in [0.29, 0.717) is 18.9 Å². The topological polar surface area (TPSA) is 118 Å². The van der Waals surface area contributed by atoms with Crippen LogP contribution in [0, 0.1) is 23.4 Å². The van der Waals surface area contributed by atoms with Gasteiger partial charge in [0.25, 0.3) is 5.91 Å². The normalized spacial score (nSPS) is 26.2. The Morgan fingerprint density at radius 1 is 1.24 bits per heavy atom. The van der Waals surface area contributed by atoms with Gasteiger partial charge in [0, 0.05) is 5.56 Å². The molecule has 0 bridgehead atoms. The van der Waals surface area contributed by atoms with E-state index in [0.717, 1.165) is 0 Å². The Morgan fingerprint density at radius 3 is 2.48 bits per heavy atom. The zero-order valence-corrected chi connectivity index (χ0v) is 13.6. The van der Waals surface area contributed by atoms with Gasteiger partial charge in [-0.25, -0.2) is 31.5 Å². The maximum absolute atomic E-state index is 14.2. The third-order valence-corrected chi connectivity index (χ3v) is 5.75. The van der Waals surface area contributed by atoms with Gasteiger partial charge in [0.2, 0.25) is 10.0 Å². The lowest BCUT2D eigenvalue weighted by atomic mass is 9.82. The molecular weight excluding hydrogens is 363 g/mol. The predicted octanol–water partition coefficient (Wildman–Crippen LogP) is 0.672. The molecule has 1 aliphatic heterocycles. The van der Waals surface area contributed by atoms with Crippen molar-refractivity contribution in [2.45, 2.75) is 36.1 Å². The van der Waals surface area contributed by atoms with Crippen LogP contribution in [-0.2, 0) is 21.2 Å². The van der Waals surface area contributed by atoms with Crippen LogP contribution in [0.2, 0.25) is 0 Å². The van der Waals surface area contributed by atoms with Crippen LogP contribution in [0.4, 0.5) is 18.0 Å². The molecule has 3 amide bonds. The molecule has 1 aromatic rings. The fourth-order valence-corrected chi connectivity index (χ4v) is 4.41. The lowest BCUT2D eigenvalue weighted by Gasteiger charge is -2.28. The number of nitrogens with two attached hydrogens (primary N) is 1. The number of halogens is 3. The molecule has 3 rings (SSSR count). The molecular formula is C14H14F3N3O4S. The SMILES string of the molecule is NS(=O)(=O)c1cc(F)c(F)c(F)c1CC1CCCC12NC(=O)NC2=O. The van der Waals surface area contributed by atoms with Crippen molar-refractivity contribution in [2.24, 2.45) is 11.1 Å². The summed E-state index contributed by atoms with van der Waals surface area (Å²) in [6, 6.07) is -0.396. The summed E-state index contributed by atoms with van der Waals surface area (Å²) in [6.45, 7) is 0. The van der Waals surface area contributed by atoms with Crippen LogP contribution in [0.25, 0.3) is 0 Å². The smallest absolute Gasteiger partial charge is 0.322 e. The summed E-state index contributed by atoms with van der Waals surface area (Å²) in [5.74, 6) is -6.48. The summed E-state index contributed by atoms with van der Waals surface area (Å²) in [6.07, 6.45) is 0.734. The monoisotopic (exact) mass is 377 g/mol. The number of carbonyl (C=O) groups is 2. The van der Waals surface area contributed by atoms with Gasteiger partial charge in [-0.1, -0.05) is 6.42 Å². The number of primary sulfonamides is 1. The minimum absolute atomic E-state index is 0.269. The summed E-state index contributed by atoms with van der Waals surface area (Å²) >= 11 is 0. The minimum Gasteiger partial charge on any atom is -0.323 e. The summed E-state index contributed by atoms with van der Waals surface area (Å²) in [7, 11) is -4.53. The van der Waals surface area contributed by atoms with Gasteiger partial charge in [-0.15, -0.1) is 0 Å². The van der Waals surface area contributed by atoms with Gasteiger partial charge < -0.3 is 5.32 Å². The number of hydrogen-bond acceptors (Lipinski definition) is 4. The van der Waals surface area contributed by atoms with Gasteiger partial charge in [0.05, 0.1) is 4.90 Å². The molecule has 7 nitrogen and oxygen atoms in total. The highest BCUT2D eigenvalue weighted by atomic mass is 32.2.